The second kappa shape index (κ2) is 5.72. The van der Waals surface area contributed by atoms with Crippen LogP contribution in [0.2, 0.25) is 0 Å². The van der Waals surface area contributed by atoms with Crippen molar-refractivity contribution in [3.8, 4) is 0 Å². The average molecular weight is 317 g/mol. The van der Waals surface area contributed by atoms with Crippen LogP contribution in [0.5, 0.6) is 0 Å². The van der Waals surface area contributed by atoms with Crippen molar-refractivity contribution < 1.29 is 13.2 Å². The molecule has 0 spiro atoms. The Bertz CT molecular complexity index is 814. The quantitative estimate of drug-likeness (QED) is 0.874. The Labute approximate surface area is 130 Å². The molecule has 0 aliphatic carbocycles. The molecule has 0 aromatic heterocycles. The molecule has 0 radical (unpaired) electrons. The zero-order chi connectivity index (χ0) is 15.7. The first kappa shape index (κ1) is 15.0. The summed E-state index contributed by atoms with van der Waals surface area (Å²) in [6.45, 7) is 2.41. The van der Waals surface area contributed by atoms with Gasteiger partial charge in [0.2, 0.25) is 0 Å². The van der Waals surface area contributed by atoms with Crippen molar-refractivity contribution in [3.63, 3.8) is 0 Å². The van der Waals surface area contributed by atoms with E-state index < -0.39 is 9.84 Å². The van der Waals surface area contributed by atoms with Gasteiger partial charge >= 0.3 is 0 Å². The van der Waals surface area contributed by atoms with Gasteiger partial charge < -0.3 is 4.90 Å². The Hall–Kier alpha value is -1.88. The summed E-state index contributed by atoms with van der Waals surface area (Å²) in [5.74, 6) is 0.176. The van der Waals surface area contributed by atoms with Crippen molar-refractivity contribution in [2.75, 3.05) is 18.1 Å². The van der Waals surface area contributed by atoms with Crippen LogP contribution in [0.4, 0.5) is 0 Å². The van der Waals surface area contributed by atoms with Crippen LogP contribution in [-0.4, -0.2) is 43.3 Å². The van der Waals surface area contributed by atoms with Crippen LogP contribution in [0.3, 0.4) is 0 Å². The first-order valence-electron chi connectivity index (χ1n) is 7.50. The smallest absolute Gasteiger partial charge is 0.254 e. The van der Waals surface area contributed by atoms with Gasteiger partial charge in [-0.25, -0.2) is 8.42 Å². The molecule has 3 rings (SSSR count). The summed E-state index contributed by atoms with van der Waals surface area (Å²) in [6.07, 6.45) is 0.537. The van der Waals surface area contributed by atoms with E-state index in [4.69, 9.17) is 0 Å². The summed E-state index contributed by atoms with van der Waals surface area (Å²) in [4.78, 5) is 14.4. The van der Waals surface area contributed by atoms with Gasteiger partial charge in [-0.05, 0) is 36.2 Å². The van der Waals surface area contributed by atoms with E-state index in [1.54, 1.807) is 4.90 Å². The molecule has 4 nitrogen and oxygen atoms in total. The van der Waals surface area contributed by atoms with E-state index in [2.05, 4.69) is 0 Å². The normalized spacial score (nSPS) is 20.1. The molecule has 1 aliphatic heterocycles. The molecule has 116 valence electrons. The molecule has 0 saturated carbocycles. The van der Waals surface area contributed by atoms with Gasteiger partial charge in [0.1, 0.15) is 0 Å². The molecule has 1 heterocycles. The van der Waals surface area contributed by atoms with E-state index in [1.807, 2.05) is 49.4 Å². The van der Waals surface area contributed by atoms with Gasteiger partial charge in [-0.15, -0.1) is 0 Å². The number of benzene rings is 2. The fourth-order valence-electron chi connectivity index (χ4n) is 3.08. The lowest BCUT2D eigenvalue weighted by Crippen LogP contribution is -2.40. The van der Waals surface area contributed by atoms with Crippen LogP contribution in [0.1, 0.15) is 23.7 Å². The predicted octanol–water partition coefficient (Wildman–Crippen LogP) is 2.49. The Morgan fingerprint density at radius 2 is 1.91 bits per heavy atom. The minimum absolute atomic E-state index is 0.0835. The molecule has 1 aliphatic rings. The van der Waals surface area contributed by atoms with Crippen LogP contribution in [0.25, 0.3) is 10.8 Å². The Balaban J connectivity index is 1.89. The molecule has 1 amide bonds. The number of carbonyl (C=O) groups is 1. The topological polar surface area (TPSA) is 54.5 Å². The predicted molar refractivity (Wildman–Crippen MR) is 87.7 cm³/mol. The van der Waals surface area contributed by atoms with E-state index in [-0.39, 0.29) is 23.5 Å². The molecule has 1 fully saturated rings. The highest BCUT2D eigenvalue weighted by molar-refractivity contribution is 7.91. The molecule has 1 saturated heterocycles. The SMILES string of the molecule is CCN(C(=O)c1ccc2ccccc2c1)[C@@H]1CCS(=O)(=O)C1. The maximum absolute atomic E-state index is 12.7. The monoisotopic (exact) mass is 317 g/mol. The molecule has 0 bridgehead atoms. The number of fused-ring (bicyclic) bond motifs is 1. The van der Waals surface area contributed by atoms with Gasteiger partial charge in [0.05, 0.1) is 11.5 Å². The zero-order valence-corrected chi connectivity index (χ0v) is 13.3. The van der Waals surface area contributed by atoms with E-state index in [0.29, 0.717) is 18.5 Å². The summed E-state index contributed by atoms with van der Waals surface area (Å²) in [6, 6.07) is 13.3. The lowest BCUT2D eigenvalue weighted by Gasteiger charge is -2.27. The third kappa shape index (κ3) is 2.86. The average Bonchev–Trinajstić information content (AvgIpc) is 2.87. The van der Waals surface area contributed by atoms with E-state index in [9.17, 15) is 13.2 Å². The van der Waals surface area contributed by atoms with Crippen LogP contribution >= 0.6 is 0 Å². The summed E-state index contributed by atoms with van der Waals surface area (Å²) >= 11 is 0. The van der Waals surface area contributed by atoms with Gasteiger partial charge in [-0.1, -0.05) is 30.3 Å². The third-order valence-electron chi connectivity index (χ3n) is 4.25. The number of nitrogens with zero attached hydrogens (tertiary/aromatic N) is 1. The number of sulfone groups is 1. The molecule has 2 aromatic carbocycles. The van der Waals surface area contributed by atoms with Crippen LogP contribution in [0, 0.1) is 0 Å². The lowest BCUT2D eigenvalue weighted by atomic mass is 10.1. The third-order valence-corrected chi connectivity index (χ3v) is 6.00. The standard InChI is InChI=1S/C17H19NO3S/c1-2-18(16-9-10-22(20,21)12-16)17(19)15-8-7-13-5-3-4-6-14(13)11-15/h3-8,11,16H,2,9-10,12H2,1H3/t16-/m1/s1. The second-order valence-corrected chi connectivity index (χ2v) is 7.94. The largest absolute Gasteiger partial charge is 0.335 e. The number of hydrogen-bond donors (Lipinski definition) is 0. The molecule has 0 N–H and O–H groups in total. The van der Waals surface area contributed by atoms with Crippen molar-refractivity contribution >= 4 is 26.5 Å². The highest BCUT2D eigenvalue weighted by atomic mass is 32.2. The summed E-state index contributed by atoms with van der Waals surface area (Å²) in [5, 5.41) is 2.11. The van der Waals surface area contributed by atoms with Crippen LogP contribution in [-0.2, 0) is 9.84 Å². The zero-order valence-electron chi connectivity index (χ0n) is 12.5. The molecule has 2 aromatic rings. The van der Waals surface area contributed by atoms with Gasteiger partial charge in [0.15, 0.2) is 9.84 Å². The first-order valence-corrected chi connectivity index (χ1v) is 9.32. The molecule has 0 unspecified atom stereocenters. The summed E-state index contributed by atoms with van der Waals surface area (Å²) in [7, 11) is -2.99. The van der Waals surface area contributed by atoms with E-state index in [1.165, 1.54) is 0 Å². The molecule has 1 atom stereocenters. The van der Waals surface area contributed by atoms with E-state index >= 15 is 0 Å². The van der Waals surface area contributed by atoms with Crippen LogP contribution in [0.15, 0.2) is 42.5 Å². The summed E-state index contributed by atoms with van der Waals surface area (Å²) in [5.41, 5.74) is 0.616. The minimum atomic E-state index is -2.99. The van der Waals surface area contributed by atoms with Crippen molar-refractivity contribution in [1.29, 1.82) is 0 Å². The second-order valence-electron chi connectivity index (χ2n) is 5.71. The Morgan fingerprint density at radius 1 is 1.18 bits per heavy atom. The number of carbonyl (C=O) groups excluding carboxylic acids is 1. The van der Waals surface area contributed by atoms with Crippen molar-refractivity contribution in [1.82, 2.24) is 4.90 Å². The Morgan fingerprint density at radius 3 is 2.55 bits per heavy atom. The molecular formula is C17H19NO3S. The maximum Gasteiger partial charge on any atom is 0.254 e. The van der Waals surface area contributed by atoms with Gasteiger partial charge in [0, 0.05) is 18.2 Å². The van der Waals surface area contributed by atoms with Crippen LogP contribution < -0.4 is 0 Å². The fourth-order valence-corrected chi connectivity index (χ4v) is 4.81. The van der Waals surface area contributed by atoms with Crippen molar-refractivity contribution in [2.24, 2.45) is 0 Å². The first-order chi connectivity index (χ1) is 10.5. The highest BCUT2D eigenvalue weighted by Crippen LogP contribution is 2.22. The lowest BCUT2D eigenvalue weighted by molar-refractivity contribution is 0.0708. The van der Waals surface area contributed by atoms with Crippen molar-refractivity contribution in [3.05, 3.63) is 48.0 Å². The number of amides is 1. The van der Waals surface area contributed by atoms with E-state index in [0.717, 1.165) is 10.8 Å². The Kier molecular flexibility index (Phi) is 3.91. The van der Waals surface area contributed by atoms with Crippen molar-refractivity contribution in [2.45, 2.75) is 19.4 Å². The minimum Gasteiger partial charge on any atom is -0.335 e. The fraction of sp³-hybridized carbons (Fsp3) is 0.353. The summed E-state index contributed by atoms with van der Waals surface area (Å²) < 4.78 is 23.3. The van der Waals surface area contributed by atoms with Gasteiger partial charge in [-0.2, -0.15) is 0 Å². The maximum atomic E-state index is 12.7. The molecule has 22 heavy (non-hydrogen) atoms. The van der Waals surface area contributed by atoms with Gasteiger partial charge in [-0.3, -0.25) is 4.79 Å². The van der Waals surface area contributed by atoms with Gasteiger partial charge in [0.25, 0.3) is 5.91 Å². The molecular weight excluding hydrogens is 298 g/mol. The highest BCUT2D eigenvalue weighted by Gasteiger charge is 2.34. The molecule has 5 heteroatoms. The number of rotatable bonds is 3. The number of hydrogen-bond acceptors (Lipinski definition) is 3.